The highest BCUT2D eigenvalue weighted by Crippen LogP contribution is 2.16. The number of benzene rings is 1. The molecule has 11 heavy (non-hydrogen) atoms. The van der Waals surface area contributed by atoms with Crippen molar-refractivity contribution in [2.75, 3.05) is 6.26 Å². The Kier molecular flexibility index (Phi) is 2.93. The summed E-state index contributed by atoms with van der Waals surface area (Å²) in [5.74, 6) is 0. The Bertz CT molecular complexity index is 220. The smallest absolute Gasteiger partial charge is 0.128 e. The molecule has 0 aliphatic rings. The maximum atomic E-state index is 8.96. The van der Waals surface area contributed by atoms with E-state index in [1.54, 1.807) is 11.8 Å². The van der Waals surface area contributed by atoms with Gasteiger partial charge < -0.3 is 10.8 Å². The lowest BCUT2D eigenvalue weighted by Gasteiger charge is -2.04. The van der Waals surface area contributed by atoms with Gasteiger partial charge in [0.2, 0.25) is 0 Å². The second-order valence-electron chi connectivity index (χ2n) is 2.22. The highest BCUT2D eigenvalue weighted by atomic mass is 32.2. The van der Waals surface area contributed by atoms with Crippen LogP contribution in [0.25, 0.3) is 0 Å². The molecule has 1 aromatic carbocycles. The van der Waals surface area contributed by atoms with E-state index in [0.717, 1.165) is 5.56 Å². The Hall–Kier alpha value is -0.510. The summed E-state index contributed by atoms with van der Waals surface area (Å²) in [5, 5.41) is 8.96. The fourth-order valence-electron chi connectivity index (χ4n) is 0.801. The molecule has 0 amide bonds. The minimum absolute atomic E-state index is 0.753. The van der Waals surface area contributed by atoms with Crippen molar-refractivity contribution in [3.63, 3.8) is 0 Å². The Morgan fingerprint density at radius 3 is 2.27 bits per heavy atom. The molecule has 3 N–H and O–H groups in total. The summed E-state index contributed by atoms with van der Waals surface area (Å²) in [6.07, 6.45) is 1.15. The Morgan fingerprint density at radius 2 is 1.91 bits per heavy atom. The minimum Gasteiger partial charge on any atom is -0.375 e. The lowest BCUT2D eigenvalue weighted by atomic mass is 10.2. The number of thioether (sulfide) groups is 1. The summed E-state index contributed by atoms with van der Waals surface area (Å²) in [6, 6.07) is 7.54. The van der Waals surface area contributed by atoms with Crippen LogP contribution in [-0.4, -0.2) is 11.4 Å². The third-order valence-electron chi connectivity index (χ3n) is 1.46. The molecule has 1 aromatic rings. The van der Waals surface area contributed by atoms with Gasteiger partial charge in [-0.2, -0.15) is 0 Å². The lowest BCUT2D eigenvalue weighted by Crippen LogP contribution is -2.07. The molecule has 3 heteroatoms. The predicted octanol–water partition coefficient (Wildman–Crippen LogP) is 1.36. The van der Waals surface area contributed by atoms with E-state index in [1.165, 1.54) is 4.90 Å². The van der Waals surface area contributed by atoms with Gasteiger partial charge in [0, 0.05) is 4.90 Å². The summed E-state index contributed by atoms with van der Waals surface area (Å²) in [4.78, 5) is 1.18. The van der Waals surface area contributed by atoms with Crippen LogP contribution in [0.4, 0.5) is 0 Å². The van der Waals surface area contributed by atoms with E-state index in [-0.39, 0.29) is 0 Å². The maximum Gasteiger partial charge on any atom is 0.128 e. The van der Waals surface area contributed by atoms with Gasteiger partial charge in [-0.05, 0) is 24.0 Å². The van der Waals surface area contributed by atoms with Gasteiger partial charge in [-0.15, -0.1) is 11.8 Å². The molecule has 0 saturated heterocycles. The first kappa shape index (κ1) is 8.59. The molecule has 0 aliphatic carbocycles. The molecule has 0 radical (unpaired) electrons. The Labute approximate surface area is 70.4 Å². The van der Waals surface area contributed by atoms with Gasteiger partial charge in [0.05, 0.1) is 0 Å². The zero-order valence-electron chi connectivity index (χ0n) is 6.32. The molecular formula is C8H11NOS. The Balaban J connectivity index is 2.83. The van der Waals surface area contributed by atoms with E-state index in [4.69, 9.17) is 10.8 Å². The lowest BCUT2D eigenvalue weighted by molar-refractivity contribution is 0.186. The Morgan fingerprint density at radius 1 is 1.36 bits per heavy atom. The number of rotatable bonds is 2. The number of nitrogens with two attached hydrogens (primary N) is 1. The molecule has 0 fully saturated rings. The predicted molar refractivity (Wildman–Crippen MR) is 47.4 cm³/mol. The van der Waals surface area contributed by atoms with Crippen LogP contribution in [0.15, 0.2) is 29.2 Å². The van der Waals surface area contributed by atoms with Crippen molar-refractivity contribution in [3.05, 3.63) is 29.8 Å². The van der Waals surface area contributed by atoms with Crippen molar-refractivity contribution < 1.29 is 5.11 Å². The topological polar surface area (TPSA) is 46.2 Å². The van der Waals surface area contributed by atoms with Crippen molar-refractivity contribution in [2.24, 2.45) is 5.73 Å². The molecule has 0 saturated carbocycles. The second kappa shape index (κ2) is 3.76. The molecule has 1 unspecified atom stereocenters. The van der Waals surface area contributed by atoms with E-state index in [1.807, 2.05) is 30.5 Å². The third kappa shape index (κ3) is 2.22. The van der Waals surface area contributed by atoms with E-state index in [2.05, 4.69) is 0 Å². The molecule has 0 aliphatic heterocycles. The number of aliphatic hydroxyl groups excluding tert-OH is 1. The molecule has 0 spiro atoms. The van der Waals surface area contributed by atoms with Crippen LogP contribution in [0.1, 0.15) is 11.8 Å². The fraction of sp³-hybridized carbons (Fsp3) is 0.250. The normalized spacial score (nSPS) is 13.0. The first-order valence-electron chi connectivity index (χ1n) is 3.31. The van der Waals surface area contributed by atoms with Gasteiger partial charge >= 0.3 is 0 Å². The summed E-state index contributed by atoms with van der Waals surface area (Å²) in [7, 11) is 0. The van der Waals surface area contributed by atoms with Crippen LogP contribution in [-0.2, 0) is 0 Å². The average Bonchev–Trinajstić information content (AvgIpc) is 2.05. The summed E-state index contributed by atoms with van der Waals surface area (Å²) in [5.41, 5.74) is 6.01. The van der Waals surface area contributed by atoms with Crippen LogP contribution >= 0.6 is 11.8 Å². The second-order valence-corrected chi connectivity index (χ2v) is 3.10. The number of hydrogen-bond donors (Lipinski definition) is 2. The average molecular weight is 169 g/mol. The monoisotopic (exact) mass is 169 g/mol. The number of hydrogen-bond acceptors (Lipinski definition) is 3. The zero-order valence-corrected chi connectivity index (χ0v) is 7.14. The SMILES string of the molecule is CSc1ccc(C(N)O)cc1. The van der Waals surface area contributed by atoms with E-state index < -0.39 is 6.23 Å². The van der Waals surface area contributed by atoms with Gasteiger partial charge in [0.15, 0.2) is 0 Å². The van der Waals surface area contributed by atoms with Gasteiger partial charge in [-0.3, -0.25) is 0 Å². The maximum absolute atomic E-state index is 8.96. The summed E-state index contributed by atoms with van der Waals surface area (Å²) < 4.78 is 0. The van der Waals surface area contributed by atoms with Crippen LogP contribution in [0, 0.1) is 0 Å². The van der Waals surface area contributed by atoms with Crippen LogP contribution in [0.5, 0.6) is 0 Å². The molecule has 1 rings (SSSR count). The zero-order chi connectivity index (χ0) is 8.27. The fourth-order valence-corrected chi connectivity index (χ4v) is 1.21. The first-order valence-corrected chi connectivity index (χ1v) is 4.54. The van der Waals surface area contributed by atoms with Gasteiger partial charge in [-0.1, -0.05) is 12.1 Å². The molecule has 1 atom stereocenters. The van der Waals surface area contributed by atoms with E-state index >= 15 is 0 Å². The first-order chi connectivity index (χ1) is 5.24. The van der Waals surface area contributed by atoms with Crippen molar-refractivity contribution >= 4 is 11.8 Å². The molecule has 0 heterocycles. The van der Waals surface area contributed by atoms with Crippen molar-refractivity contribution in [1.82, 2.24) is 0 Å². The molecule has 0 aromatic heterocycles. The largest absolute Gasteiger partial charge is 0.375 e. The minimum atomic E-state index is -0.856. The van der Waals surface area contributed by atoms with Crippen molar-refractivity contribution in [3.8, 4) is 0 Å². The standard InChI is InChI=1S/C8H11NOS/c1-11-7-4-2-6(3-5-7)8(9)10/h2-5,8,10H,9H2,1H3. The molecule has 0 bridgehead atoms. The van der Waals surface area contributed by atoms with Crippen LogP contribution in [0.2, 0.25) is 0 Å². The van der Waals surface area contributed by atoms with E-state index in [0.29, 0.717) is 0 Å². The highest BCUT2D eigenvalue weighted by Gasteiger charge is 1.98. The van der Waals surface area contributed by atoms with Crippen molar-refractivity contribution in [1.29, 1.82) is 0 Å². The van der Waals surface area contributed by atoms with Gasteiger partial charge in [0.25, 0.3) is 0 Å². The van der Waals surface area contributed by atoms with E-state index in [9.17, 15) is 0 Å². The molecular weight excluding hydrogens is 158 g/mol. The van der Waals surface area contributed by atoms with Gasteiger partial charge in [-0.25, -0.2) is 0 Å². The quantitative estimate of drug-likeness (QED) is 0.519. The van der Waals surface area contributed by atoms with Gasteiger partial charge in [0.1, 0.15) is 6.23 Å². The summed E-state index contributed by atoms with van der Waals surface area (Å²) >= 11 is 1.67. The number of aliphatic hydroxyl groups is 1. The van der Waals surface area contributed by atoms with Crippen LogP contribution in [0.3, 0.4) is 0 Å². The third-order valence-corrected chi connectivity index (χ3v) is 2.20. The molecule has 60 valence electrons. The summed E-state index contributed by atoms with van der Waals surface area (Å²) in [6.45, 7) is 0. The molecule has 2 nitrogen and oxygen atoms in total. The highest BCUT2D eigenvalue weighted by molar-refractivity contribution is 7.98. The van der Waals surface area contributed by atoms with Crippen molar-refractivity contribution in [2.45, 2.75) is 11.1 Å². The van der Waals surface area contributed by atoms with Crippen LogP contribution < -0.4 is 5.73 Å².